The van der Waals surface area contributed by atoms with Crippen LogP contribution in [0.3, 0.4) is 0 Å². The third-order valence-corrected chi connectivity index (χ3v) is 6.30. The molecule has 0 saturated heterocycles. The van der Waals surface area contributed by atoms with Crippen molar-refractivity contribution >= 4 is 21.9 Å². The van der Waals surface area contributed by atoms with E-state index in [4.69, 9.17) is 9.72 Å². The number of para-hydroxylation sites is 1. The number of nitrogens with zero attached hydrogens (tertiary/aromatic N) is 3. The molecule has 3 aromatic carbocycles. The zero-order chi connectivity index (χ0) is 23.8. The summed E-state index contributed by atoms with van der Waals surface area (Å²) in [6, 6.07) is 23.0. The number of rotatable bonds is 5. The van der Waals surface area contributed by atoms with Gasteiger partial charge in [0.1, 0.15) is 17.0 Å². The quantitative estimate of drug-likeness (QED) is 0.370. The first-order valence-electron chi connectivity index (χ1n) is 11.2. The molecular weight excluding hydrogens is 426 g/mol. The van der Waals surface area contributed by atoms with Gasteiger partial charge in [0.15, 0.2) is 5.65 Å². The zero-order valence-electron chi connectivity index (χ0n) is 19.4. The van der Waals surface area contributed by atoms with Crippen molar-refractivity contribution in [1.29, 1.82) is 0 Å². The monoisotopic (exact) mass is 451 g/mol. The molecule has 0 spiro atoms. The molecule has 0 aliphatic rings. The lowest BCUT2D eigenvalue weighted by atomic mass is 10.1. The SMILES string of the molecule is COc1ccc(CCn2c(-c3ccc(C)cc3)nc3c(c(=O)c4ccccc4n3C)c2=O)cc1. The Balaban J connectivity index is 1.74. The molecule has 0 atom stereocenters. The maximum atomic E-state index is 13.8. The first-order valence-corrected chi connectivity index (χ1v) is 11.2. The Hall–Kier alpha value is -4.19. The van der Waals surface area contributed by atoms with Gasteiger partial charge in [-0.15, -0.1) is 0 Å². The molecule has 0 aliphatic heterocycles. The smallest absolute Gasteiger partial charge is 0.267 e. The minimum Gasteiger partial charge on any atom is -0.497 e. The van der Waals surface area contributed by atoms with Crippen molar-refractivity contribution in [2.45, 2.75) is 19.9 Å². The van der Waals surface area contributed by atoms with Gasteiger partial charge >= 0.3 is 0 Å². The molecule has 0 N–H and O–H groups in total. The summed E-state index contributed by atoms with van der Waals surface area (Å²) >= 11 is 0. The van der Waals surface area contributed by atoms with Gasteiger partial charge in [-0.25, -0.2) is 4.98 Å². The van der Waals surface area contributed by atoms with Crippen LogP contribution in [0.1, 0.15) is 11.1 Å². The molecule has 170 valence electrons. The highest BCUT2D eigenvalue weighted by Gasteiger charge is 2.19. The zero-order valence-corrected chi connectivity index (χ0v) is 19.4. The van der Waals surface area contributed by atoms with E-state index in [0.717, 1.165) is 28.0 Å². The van der Waals surface area contributed by atoms with E-state index in [-0.39, 0.29) is 16.4 Å². The number of pyridine rings is 1. The molecule has 0 amide bonds. The molecule has 5 aromatic rings. The lowest BCUT2D eigenvalue weighted by Gasteiger charge is -2.16. The topological polar surface area (TPSA) is 66.1 Å². The van der Waals surface area contributed by atoms with Crippen LogP contribution >= 0.6 is 0 Å². The summed E-state index contributed by atoms with van der Waals surface area (Å²) in [4.78, 5) is 32.1. The maximum Gasteiger partial charge on any atom is 0.267 e. The van der Waals surface area contributed by atoms with Crippen LogP contribution < -0.4 is 15.7 Å². The van der Waals surface area contributed by atoms with Crippen molar-refractivity contribution in [3.8, 4) is 17.1 Å². The standard InChI is InChI=1S/C28H25N3O3/c1-18-8-12-20(13-9-18)26-29-27-24(25(32)22-6-4-5-7-23(22)30(27)2)28(33)31(26)17-16-19-10-14-21(34-3)15-11-19/h4-15H,16-17H2,1-3H3. The average molecular weight is 452 g/mol. The largest absolute Gasteiger partial charge is 0.497 e. The van der Waals surface area contributed by atoms with E-state index in [1.807, 2.05) is 85.3 Å². The fraction of sp³-hybridized carbons (Fsp3) is 0.179. The Morgan fingerprint density at radius 3 is 2.32 bits per heavy atom. The molecule has 34 heavy (non-hydrogen) atoms. The van der Waals surface area contributed by atoms with Gasteiger partial charge in [-0.3, -0.25) is 14.2 Å². The summed E-state index contributed by atoms with van der Waals surface area (Å²) in [5.74, 6) is 1.33. The summed E-state index contributed by atoms with van der Waals surface area (Å²) in [7, 11) is 3.48. The Morgan fingerprint density at radius 1 is 0.912 bits per heavy atom. The van der Waals surface area contributed by atoms with E-state index < -0.39 is 0 Å². The van der Waals surface area contributed by atoms with Gasteiger partial charge in [-0.05, 0) is 43.2 Å². The van der Waals surface area contributed by atoms with Crippen LogP contribution in [0.2, 0.25) is 0 Å². The third kappa shape index (κ3) is 3.67. The second-order valence-corrected chi connectivity index (χ2v) is 8.46. The number of hydrogen-bond donors (Lipinski definition) is 0. The number of aromatic nitrogens is 3. The predicted molar refractivity (Wildman–Crippen MR) is 136 cm³/mol. The predicted octanol–water partition coefficient (Wildman–Crippen LogP) is 4.48. The molecule has 2 heterocycles. The second kappa shape index (κ2) is 8.63. The van der Waals surface area contributed by atoms with Crippen molar-refractivity contribution in [2.75, 3.05) is 7.11 Å². The molecule has 0 saturated carbocycles. The van der Waals surface area contributed by atoms with Crippen LogP contribution in [-0.4, -0.2) is 21.2 Å². The summed E-state index contributed by atoms with van der Waals surface area (Å²) in [5, 5.41) is 0.632. The molecule has 2 aromatic heterocycles. The fourth-order valence-electron chi connectivity index (χ4n) is 4.36. The van der Waals surface area contributed by atoms with Crippen molar-refractivity contribution in [2.24, 2.45) is 7.05 Å². The molecule has 6 nitrogen and oxygen atoms in total. The highest BCUT2D eigenvalue weighted by molar-refractivity contribution is 5.91. The summed E-state index contributed by atoms with van der Waals surface area (Å²) in [5.41, 5.74) is 3.56. The summed E-state index contributed by atoms with van der Waals surface area (Å²) in [6.07, 6.45) is 0.615. The van der Waals surface area contributed by atoms with Gasteiger partial charge in [0.2, 0.25) is 5.43 Å². The average Bonchev–Trinajstić information content (AvgIpc) is 2.87. The number of benzene rings is 3. The van der Waals surface area contributed by atoms with Gasteiger partial charge < -0.3 is 9.30 Å². The van der Waals surface area contributed by atoms with E-state index in [1.54, 1.807) is 17.7 Å². The molecule has 0 aliphatic carbocycles. The minimum absolute atomic E-state index is 0.117. The molecule has 0 bridgehead atoms. The van der Waals surface area contributed by atoms with E-state index in [0.29, 0.717) is 29.8 Å². The second-order valence-electron chi connectivity index (χ2n) is 8.46. The van der Waals surface area contributed by atoms with E-state index in [9.17, 15) is 9.59 Å². The van der Waals surface area contributed by atoms with Gasteiger partial charge in [-0.1, -0.05) is 54.1 Å². The molecule has 5 rings (SSSR count). The molecule has 0 fully saturated rings. The summed E-state index contributed by atoms with van der Waals surface area (Å²) < 4.78 is 8.71. The lowest BCUT2D eigenvalue weighted by Crippen LogP contribution is -2.29. The fourth-order valence-corrected chi connectivity index (χ4v) is 4.36. The molecular formula is C28H25N3O3. The van der Waals surface area contributed by atoms with Crippen LogP contribution in [0.15, 0.2) is 82.4 Å². The van der Waals surface area contributed by atoms with Gasteiger partial charge in [0.05, 0.1) is 12.6 Å². The first-order chi connectivity index (χ1) is 16.5. The normalized spacial score (nSPS) is 11.3. The number of aryl methyl sites for hydroxylation is 3. The van der Waals surface area contributed by atoms with E-state index >= 15 is 0 Å². The first kappa shape index (κ1) is 21.6. The van der Waals surface area contributed by atoms with E-state index in [1.165, 1.54) is 0 Å². The maximum absolute atomic E-state index is 13.8. The Bertz CT molecular complexity index is 1630. The van der Waals surface area contributed by atoms with Crippen LogP contribution in [0.4, 0.5) is 0 Å². The van der Waals surface area contributed by atoms with E-state index in [2.05, 4.69) is 0 Å². The molecule has 0 radical (unpaired) electrons. The van der Waals surface area contributed by atoms with Crippen molar-refractivity contribution in [3.63, 3.8) is 0 Å². The number of hydrogen-bond acceptors (Lipinski definition) is 4. The number of ether oxygens (including phenoxy) is 1. The highest BCUT2D eigenvalue weighted by atomic mass is 16.5. The third-order valence-electron chi connectivity index (χ3n) is 6.30. The van der Waals surface area contributed by atoms with Crippen molar-refractivity contribution < 1.29 is 4.74 Å². The Labute approximate surface area is 196 Å². The molecule has 0 unspecified atom stereocenters. The van der Waals surface area contributed by atoms with Crippen LogP contribution in [0.25, 0.3) is 33.3 Å². The Kier molecular flexibility index (Phi) is 5.49. The Morgan fingerprint density at radius 2 is 1.62 bits per heavy atom. The lowest BCUT2D eigenvalue weighted by molar-refractivity contribution is 0.414. The van der Waals surface area contributed by atoms with Gasteiger partial charge in [0, 0.05) is 24.5 Å². The number of fused-ring (bicyclic) bond motifs is 2. The highest BCUT2D eigenvalue weighted by Crippen LogP contribution is 2.22. The molecule has 6 heteroatoms. The van der Waals surface area contributed by atoms with Crippen molar-refractivity contribution in [3.05, 3.63) is 105 Å². The summed E-state index contributed by atoms with van der Waals surface area (Å²) in [6.45, 7) is 2.41. The van der Waals surface area contributed by atoms with Crippen LogP contribution in [0, 0.1) is 6.92 Å². The van der Waals surface area contributed by atoms with Gasteiger partial charge in [-0.2, -0.15) is 0 Å². The minimum atomic E-state index is -0.319. The van der Waals surface area contributed by atoms with Crippen molar-refractivity contribution in [1.82, 2.24) is 14.1 Å². The van der Waals surface area contributed by atoms with Gasteiger partial charge in [0.25, 0.3) is 5.56 Å². The van der Waals surface area contributed by atoms with Crippen LogP contribution in [-0.2, 0) is 20.0 Å². The number of methoxy groups -OCH3 is 1. The van der Waals surface area contributed by atoms with Crippen LogP contribution in [0.5, 0.6) is 5.75 Å².